The van der Waals surface area contributed by atoms with Crippen molar-refractivity contribution in [1.29, 1.82) is 0 Å². The Labute approximate surface area is 161 Å². The number of rotatable bonds is 6. The van der Waals surface area contributed by atoms with E-state index >= 15 is 0 Å². The van der Waals surface area contributed by atoms with Gasteiger partial charge in [0, 0.05) is 5.41 Å². The van der Waals surface area contributed by atoms with E-state index in [1.165, 1.54) is 0 Å². The van der Waals surface area contributed by atoms with Crippen molar-refractivity contribution in [2.45, 2.75) is 75.8 Å². The number of esters is 2. The first-order chi connectivity index (χ1) is 12.6. The van der Waals surface area contributed by atoms with Gasteiger partial charge >= 0.3 is 11.9 Å². The van der Waals surface area contributed by atoms with Gasteiger partial charge in [0.05, 0.1) is 35.2 Å². The first kappa shape index (κ1) is 19.2. The van der Waals surface area contributed by atoms with Gasteiger partial charge in [0.15, 0.2) is 0 Å². The third kappa shape index (κ3) is 4.02. The monoisotopic (exact) mass is 378 g/mol. The molecule has 4 aliphatic rings. The minimum Gasteiger partial charge on any atom is -0.465 e. The number of hydrogen-bond donors (Lipinski definition) is 0. The zero-order chi connectivity index (χ0) is 19.4. The normalized spacial score (nSPS) is 42.5. The molecule has 27 heavy (non-hydrogen) atoms. The van der Waals surface area contributed by atoms with E-state index in [-0.39, 0.29) is 60.4 Å². The molecule has 4 rings (SSSR count). The third-order valence-electron chi connectivity index (χ3n) is 6.75. The summed E-state index contributed by atoms with van der Waals surface area (Å²) in [6, 6.07) is 0. The molecule has 2 saturated heterocycles. The second-order valence-electron chi connectivity index (χ2n) is 9.50. The maximum Gasteiger partial charge on any atom is 0.309 e. The number of carbonyl (C=O) groups is 2. The average Bonchev–Trinajstić information content (AvgIpc) is 3.49. The van der Waals surface area contributed by atoms with Crippen LogP contribution in [0.4, 0.5) is 0 Å². The van der Waals surface area contributed by atoms with Crippen LogP contribution in [0, 0.1) is 31.1 Å². The van der Waals surface area contributed by atoms with Gasteiger partial charge in [0.25, 0.3) is 0 Å². The molecule has 4 fully saturated rings. The molecule has 0 spiro atoms. The van der Waals surface area contributed by atoms with E-state index in [0.717, 1.165) is 38.5 Å². The topological polar surface area (TPSA) is 77.7 Å². The van der Waals surface area contributed by atoms with Gasteiger partial charge in [-0.2, -0.15) is 0 Å². The Morgan fingerprint density at radius 1 is 0.926 bits per heavy atom. The minimum atomic E-state index is -0.899. The van der Waals surface area contributed by atoms with Gasteiger partial charge in [-0.1, -0.05) is 0 Å². The number of carbonyl (C=O) groups excluding carboxylic acids is 2. The summed E-state index contributed by atoms with van der Waals surface area (Å²) < 4.78 is 22.1. The first-order valence-corrected chi connectivity index (χ1v) is 10.00. The van der Waals surface area contributed by atoms with E-state index in [2.05, 4.69) is 27.7 Å². The van der Waals surface area contributed by atoms with Crippen molar-refractivity contribution in [2.24, 2.45) is 17.3 Å². The molecule has 2 aliphatic heterocycles. The molecule has 2 aliphatic carbocycles. The fourth-order valence-corrected chi connectivity index (χ4v) is 4.44. The maximum absolute atomic E-state index is 12.3. The van der Waals surface area contributed by atoms with Crippen molar-refractivity contribution in [3.05, 3.63) is 13.8 Å². The quantitative estimate of drug-likeness (QED) is 0.522. The predicted molar refractivity (Wildman–Crippen MR) is 96.3 cm³/mol. The lowest BCUT2D eigenvalue weighted by molar-refractivity contribution is -0.156. The summed E-state index contributed by atoms with van der Waals surface area (Å²) in [4.78, 5) is 24.6. The van der Waals surface area contributed by atoms with Gasteiger partial charge < -0.3 is 18.9 Å². The van der Waals surface area contributed by atoms with Crippen LogP contribution in [-0.2, 0) is 28.5 Å². The summed E-state index contributed by atoms with van der Waals surface area (Å²) in [5, 5.41) is 0. The van der Waals surface area contributed by atoms with E-state index in [1.54, 1.807) is 0 Å². The Morgan fingerprint density at radius 3 is 1.70 bits per heavy atom. The van der Waals surface area contributed by atoms with E-state index in [9.17, 15) is 9.59 Å². The Bertz CT molecular complexity index is 578. The van der Waals surface area contributed by atoms with Gasteiger partial charge in [-0.05, 0) is 66.2 Å². The van der Waals surface area contributed by atoms with E-state index in [4.69, 9.17) is 18.9 Å². The summed E-state index contributed by atoms with van der Waals surface area (Å²) in [5.41, 5.74) is -0.936. The number of hydrogen-bond acceptors (Lipinski definition) is 6. The van der Waals surface area contributed by atoms with Crippen LogP contribution in [0.5, 0.6) is 0 Å². The van der Waals surface area contributed by atoms with Gasteiger partial charge in [-0.15, -0.1) is 0 Å². The molecule has 0 N–H and O–H groups in total. The first-order valence-electron chi connectivity index (χ1n) is 10.00. The summed E-state index contributed by atoms with van der Waals surface area (Å²) in [7, 11) is 0. The molecule has 2 radical (unpaired) electrons. The molecule has 0 aromatic carbocycles. The molecule has 0 amide bonds. The van der Waals surface area contributed by atoms with E-state index in [1.807, 2.05) is 0 Å². The Hall–Kier alpha value is -1.14. The molecule has 0 aromatic heterocycles. The standard InChI is InChI=1S/C21H30O6/c1-19(2,11-24-17(22)13-5-7-20(3)15(9-13)26-20)12-25-18(23)14-6-8-21(4)16(10-14)27-21/h13-16H,1-2,5-12H2,3-4H3. The van der Waals surface area contributed by atoms with Crippen LogP contribution in [0.2, 0.25) is 0 Å². The lowest BCUT2D eigenvalue weighted by atomic mass is 9.83. The van der Waals surface area contributed by atoms with Crippen LogP contribution < -0.4 is 0 Å². The van der Waals surface area contributed by atoms with Crippen molar-refractivity contribution < 1.29 is 28.5 Å². The summed E-state index contributed by atoms with van der Waals surface area (Å²) in [5.74, 6) is -0.709. The SMILES string of the molecule is [CH2]C([CH2])(COC(=O)C1CCC2(C)OC2C1)COC(=O)C1CCC2(C)OC2C1. The zero-order valence-electron chi connectivity index (χ0n) is 16.3. The van der Waals surface area contributed by atoms with Crippen LogP contribution >= 0.6 is 0 Å². The van der Waals surface area contributed by atoms with Crippen molar-refractivity contribution >= 4 is 11.9 Å². The highest BCUT2D eigenvalue weighted by Gasteiger charge is 2.57. The second kappa shape index (κ2) is 6.45. The molecule has 2 heterocycles. The van der Waals surface area contributed by atoms with Crippen LogP contribution in [0.25, 0.3) is 0 Å². The summed E-state index contributed by atoms with van der Waals surface area (Å²) >= 11 is 0. The maximum atomic E-state index is 12.3. The average molecular weight is 378 g/mol. The van der Waals surface area contributed by atoms with Gasteiger partial charge in [-0.25, -0.2) is 0 Å². The van der Waals surface area contributed by atoms with Crippen LogP contribution in [-0.4, -0.2) is 48.6 Å². The van der Waals surface area contributed by atoms with Crippen molar-refractivity contribution in [3.63, 3.8) is 0 Å². The fourth-order valence-electron chi connectivity index (χ4n) is 4.44. The zero-order valence-corrected chi connectivity index (χ0v) is 16.3. The molecule has 150 valence electrons. The van der Waals surface area contributed by atoms with E-state index < -0.39 is 5.41 Å². The molecule has 6 atom stereocenters. The number of epoxide rings is 2. The van der Waals surface area contributed by atoms with Crippen LogP contribution in [0.15, 0.2) is 0 Å². The van der Waals surface area contributed by atoms with Crippen LogP contribution in [0.1, 0.15) is 52.4 Å². The number of fused-ring (bicyclic) bond motifs is 2. The highest BCUT2D eigenvalue weighted by Crippen LogP contribution is 2.50. The van der Waals surface area contributed by atoms with Crippen molar-refractivity contribution in [1.82, 2.24) is 0 Å². The van der Waals surface area contributed by atoms with Crippen LogP contribution in [0.3, 0.4) is 0 Å². The largest absolute Gasteiger partial charge is 0.465 e. The summed E-state index contributed by atoms with van der Waals surface area (Å²) in [6.07, 6.45) is 5.15. The third-order valence-corrected chi connectivity index (χ3v) is 6.75. The van der Waals surface area contributed by atoms with Gasteiger partial charge in [0.2, 0.25) is 0 Å². The molecule has 0 aromatic rings. The second-order valence-corrected chi connectivity index (χ2v) is 9.50. The molecular formula is C21H30O6. The highest BCUT2D eigenvalue weighted by atomic mass is 16.6. The molecule has 0 bridgehead atoms. The smallest absolute Gasteiger partial charge is 0.309 e. The van der Waals surface area contributed by atoms with Gasteiger partial charge in [0.1, 0.15) is 13.2 Å². The fraction of sp³-hybridized carbons (Fsp3) is 0.810. The molecule has 6 heteroatoms. The van der Waals surface area contributed by atoms with Gasteiger partial charge in [-0.3, -0.25) is 9.59 Å². The van der Waals surface area contributed by atoms with Crippen molar-refractivity contribution in [3.8, 4) is 0 Å². The lowest BCUT2D eigenvalue weighted by Gasteiger charge is -2.27. The molecule has 2 saturated carbocycles. The lowest BCUT2D eigenvalue weighted by Crippen LogP contribution is -2.34. The Balaban J connectivity index is 1.17. The molecular weight excluding hydrogens is 348 g/mol. The molecule has 6 unspecified atom stereocenters. The minimum absolute atomic E-state index is 0.0184. The van der Waals surface area contributed by atoms with E-state index in [0.29, 0.717) is 0 Å². The summed E-state index contributed by atoms with van der Waals surface area (Å²) in [6.45, 7) is 12.2. The molecule has 6 nitrogen and oxygen atoms in total. The number of ether oxygens (including phenoxy) is 4. The Morgan fingerprint density at radius 2 is 1.33 bits per heavy atom. The van der Waals surface area contributed by atoms with Crippen molar-refractivity contribution in [2.75, 3.05) is 13.2 Å². The predicted octanol–water partition coefficient (Wildman–Crippen LogP) is 2.64. The highest BCUT2D eigenvalue weighted by molar-refractivity contribution is 5.73. The Kier molecular flexibility index (Phi) is 4.58.